The van der Waals surface area contributed by atoms with E-state index in [1.54, 1.807) is 0 Å². The molecule has 21 heavy (non-hydrogen) atoms. The van der Waals surface area contributed by atoms with Gasteiger partial charge in [0.1, 0.15) is 5.75 Å². The summed E-state index contributed by atoms with van der Waals surface area (Å²) in [5.41, 5.74) is -4.36. The summed E-state index contributed by atoms with van der Waals surface area (Å²) in [6.07, 6.45) is -0.761. The molecule has 1 N–H and O–H groups in total. The van der Waals surface area contributed by atoms with Gasteiger partial charge >= 0.3 is 21.7 Å². The molecule has 1 aromatic carbocycles. The van der Waals surface area contributed by atoms with Crippen molar-refractivity contribution in [2.24, 2.45) is 0 Å². The molecule has 0 spiro atoms. The Morgan fingerprint density at radius 2 is 1.95 bits per heavy atom. The Morgan fingerprint density at radius 3 is 2.52 bits per heavy atom. The summed E-state index contributed by atoms with van der Waals surface area (Å²) < 4.78 is 62.5. The van der Waals surface area contributed by atoms with Crippen LogP contribution in [0.5, 0.6) is 5.75 Å². The van der Waals surface area contributed by atoms with E-state index in [0.717, 1.165) is 22.6 Å². The molecule has 0 fully saturated rings. The Hall–Kier alpha value is -1.97. The number of carboxylic acid groups (broad SMARTS) is 1. The molecule has 0 atom stereocenters. The summed E-state index contributed by atoms with van der Waals surface area (Å²) in [5, 5.41) is 8.88. The fourth-order valence-corrected chi connectivity index (χ4v) is 2.37. The first-order chi connectivity index (χ1) is 9.60. The highest BCUT2D eigenvalue weighted by Gasteiger charge is 2.48. The fraction of sp³-hybridized carbons (Fsp3) is 0.364. The highest BCUT2D eigenvalue weighted by atomic mass is 32.2. The van der Waals surface area contributed by atoms with Crippen LogP contribution in [0.15, 0.2) is 18.2 Å². The molecule has 0 unspecified atom stereocenters. The minimum atomic E-state index is -5.74. The number of halogens is 3. The van der Waals surface area contributed by atoms with Crippen molar-refractivity contribution in [1.29, 1.82) is 0 Å². The number of rotatable bonds is 2. The molecule has 1 amide bonds. The molecule has 0 saturated carbocycles. The predicted octanol–water partition coefficient (Wildman–Crippen LogP) is 1.95. The molecule has 0 aromatic heterocycles. The fourth-order valence-electron chi connectivity index (χ4n) is 1.92. The van der Waals surface area contributed by atoms with E-state index >= 15 is 0 Å². The second kappa shape index (κ2) is 5.10. The third kappa shape index (κ3) is 3.20. The van der Waals surface area contributed by atoms with Crippen LogP contribution >= 0.6 is 0 Å². The Morgan fingerprint density at radius 1 is 1.29 bits per heavy atom. The van der Waals surface area contributed by atoms with Crippen LogP contribution in [0.3, 0.4) is 0 Å². The third-order valence-corrected chi connectivity index (χ3v) is 3.93. The normalized spacial score (nSPS) is 15.5. The zero-order valence-electron chi connectivity index (χ0n) is 10.4. The molecule has 10 heteroatoms. The Balaban J connectivity index is 2.26. The lowest BCUT2D eigenvalue weighted by atomic mass is 10.00. The number of alkyl halides is 3. The highest BCUT2D eigenvalue weighted by Crippen LogP contribution is 2.29. The Labute approximate surface area is 117 Å². The second-order valence-electron chi connectivity index (χ2n) is 4.37. The molecule has 0 aliphatic carbocycles. The standard InChI is InChI=1S/C11H10F3NO5S/c12-11(13,14)21(18,19)20-9-2-1-7-3-4-15(10(16)17)6-8(7)5-9/h1-2,5H,3-4,6H2,(H,16,17). The topological polar surface area (TPSA) is 83.9 Å². The van der Waals surface area contributed by atoms with Gasteiger partial charge in [-0.25, -0.2) is 4.79 Å². The van der Waals surface area contributed by atoms with Gasteiger partial charge in [0.05, 0.1) is 0 Å². The van der Waals surface area contributed by atoms with Gasteiger partial charge in [-0.3, -0.25) is 0 Å². The molecule has 6 nitrogen and oxygen atoms in total. The SMILES string of the molecule is O=C(O)N1CCc2ccc(OS(=O)(=O)C(F)(F)F)cc2C1. The lowest BCUT2D eigenvalue weighted by Crippen LogP contribution is -2.34. The first-order valence-corrected chi connectivity index (χ1v) is 7.11. The maximum atomic E-state index is 12.2. The summed E-state index contributed by atoms with van der Waals surface area (Å²) in [7, 11) is -5.74. The molecule has 116 valence electrons. The number of carbonyl (C=O) groups is 1. The number of nitrogens with zero attached hydrogens (tertiary/aromatic N) is 1. The van der Waals surface area contributed by atoms with Gasteiger partial charge in [-0.05, 0) is 29.7 Å². The summed E-state index contributed by atoms with van der Waals surface area (Å²) >= 11 is 0. The molecular formula is C11H10F3NO5S. The Kier molecular flexibility index (Phi) is 3.74. The van der Waals surface area contributed by atoms with Gasteiger partial charge in [0.25, 0.3) is 0 Å². The largest absolute Gasteiger partial charge is 0.534 e. The summed E-state index contributed by atoms with van der Waals surface area (Å²) in [6.45, 7) is 0.233. The van der Waals surface area contributed by atoms with Gasteiger partial charge in [0.15, 0.2) is 0 Å². The molecule has 0 radical (unpaired) electrons. The third-order valence-electron chi connectivity index (χ3n) is 2.95. The highest BCUT2D eigenvalue weighted by molar-refractivity contribution is 7.88. The summed E-state index contributed by atoms with van der Waals surface area (Å²) in [5.74, 6) is -0.502. The maximum absolute atomic E-state index is 12.2. The molecule has 1 aliphatic rings. The molecule has 0 saturated heterocycles. The minimum absolute atomic E-state index is 0.0338. The maximum Gasteiger partial charge on any atom is 0.534 e. The van der Waals surface area contributed by atoms with Crippen LogP contribution in [-0.4, -0.2) is 36.6 Å². The molecule has 2 rings (SSSR count). The van der Waals surface area contributed by atoms with E-state index < -0.39 is 27.5 Å². The first kappa shape index (κ1) is 15.4. The van der Waals surface area contributed by atoms with Crippen molar-refractivity contribution >= 4 is 16.2 Å². The van der Waals surface area contributed by atoms with Gasteiger partial charge in [0.2, 0.25) is 0 Å². The van der Waals surface area contributed by atoms with Gasteiger partial charge in [-0.2, -0.15) is 21.6 Å². The van der Waals surface area contributed by atoms with Crippen LogP contribution in [0, 0.1) is 0 Å². The van der Waals surface area contributed by atoms with Gasteiger partial charge in [-0.15, -0.1) is 0 Å². The lowest BCUT2D eigenvalue weighted by Gasteiger charge is -2.26. The van der Waals surface area contributed by atoms with Gasteiger partial charge in [0, 0.05) is 13.1 Å². The van der Waals surface area contributed by atoms with Crippen LogP contribution in [0.1, 0.15) is 11.1 Å². The van der Waals surface area contributed by atoms with Crippen molar-refractivity contribution in [3.63, 3.8) is 0 Å². The Bertz CT molecular complexity index is 671. The van der Waals surface area contributed by atoms with Crippen LogP contribution in [0.4, 0.5) is 18.0 Å². The smallest absolute Gasteiger partial charge is 0.465 e. The quantitative estimate of drug-likeness (QED) is 0.664. The molecule has 0 bridgehead atoms. The number of hydrogen-bond donors (Lipinski definition) is 1. The lowest BCUT2D eigenvalue weighted by molar-refractivity contribution is -0.0500. The minimum Gasteiger partial charge on any atom is -0.465 e. The summed E-state index contributed by atoms with van der Waals surface area (Å²) in [6, 6.07) is 3.64. The van der Waals surface area contributed by atoms with Crippen molar-refractivity contribution in [3.8, 4) is 5.75 Å². The van der Waals surface area contributed by atoms with E-state index in [4.69, 9.17) is 5.11 Å². The van der Waals surface area contributed by atoms with E-state index in [0.29, 0.717) is 12.0 Å². The van der Waals surface area contributed by atoms with Crippen LogP contribution < -0.4 is 4.18 Å². The van der Waals surface area contributed by atoms with E-state index in [1.165, 1.54) is 6.07 Å². The van der Waals surface area contributed by atoms with Gasteiger partial charge in [-0.1, -0.05) is 6.07 Å². The average molecular weight is 325 g/mol. The average Bonchev–Trinajstić information content (AvgIpc) is 2.36. The summed E-state index contributed by atoms with van der Waals surface area (Å²) in [4.78, 5) is 11.9. The number of hydrogen-bond acceptors (Lipinski definition) is 4. The van der Waals surface area contributed by atoms with E-state index in [1.807, 2.05) is 0 Å². The predicted molar refractivity (Wildman–Crippen MR) is 64.2 cm³/mol. The van der Waals surface area contributed by atoms with Crippen molar-refractivity contribution in [3.05, 3.63) is 29.3 Å². The molecule has 1 aromatic rings. The van der Waals surface area contributed by atoms with Crippen LogP contribution in [0.2, 0.25) is 0 Å². The van der Waals surface area contributed by atoms with Crippen molar-refractivity contribution in [2.75, 3.05) is 6.54 Å². The van der Waals surface area contributed by atoms with Crippen LogP contribution in [0.25, 0.3) is 0 Å². The van der Waals surface area contributed by atoms with Crippen molar-refractivity contribution < 1.29 is 35.7 Å². The van der Waals surface area contributed by atoms with E-state index in [-0.39, 0.29) is 13.1 Å². The first-order valence-electron chi connectivity index (χ1n) is 5.70. The van der Waals surface area contributed by atoms with E-state index in [9.17, 15) is 26.4 Å². The van der Waals surface area contributed by atoms with E-state index in [2.05, 4.69) is 4.18 Å². The zero-order chi connectivity index (χ0) is 15.8. The van der Waals surface area contributed by atoms with Crippen molar-refractivity contribution in [1.82, 2.24) is 4.90 Å². The number of fused-ring (bicyclic) bond motifs is 1. The van der Waals surface area contributed by atoms with Gasteiger partial charge < -0.3 is 14.2 Å². The monoisotopic (exact) mass is 325 g/mol. The zero-order valence-corrected chi connectivity index (χ0v) is 11.2. The molecular weight excluding hydrogens is 315 g/mol. The van der Waals surface area contributed by atoms with Crippen LogP contribution in [-0.2, 0) is 23.1 Å². The molecule has 1 aliphatic heterocycles. The number of amides is 1. The second-order valence-corrected chi connectivity index (χ2v) is 5.91. The number of benzene rings is 1. The van der Waals surface area contributed by atoms with Crippen molar-refractivity contribution in [2.45, 2.75) is 18.5 Å². The molecule has 1 heterocycles.